The fraction of sp³-hybridized carbons (Fsp3) is 0.600. The second-order valence-electron chi connectivity index (χ2n) is 3.62. The molecule has 0 amide bonds. The van der Waals surface area contributed by atoms with Gasteiger partial charge < -0.3 is 0 Å². The maximum absolute atomic E-state index is 3.44. The third kappa shape index (κ3) is 2.08. The monoisotopic (exact) mass is 274 g/mol. The molecule has 59 valence electrons. The minimum Gasteiger partial charge on any atom is -0.263 e. The molecule has 0 bridgehead atoms. The Morgan fingerprint density at radius 1 is 1.09 bits per heavy atom. The Bertz CT molecular complexity index is 219. The van der Waals surface area contributed by atoms with E-state index >= 15 is 0 Å². The Morgan fingerprint density at radius 2 is 1.55 bits per heavy atom. The summed E-state index contributed by atoms with van der Waals surface area (Å²) in [5, 5.41) is 0. The molecular weight excluding hydrogens is 259 g/mol. The molecule has 1 heteroatoms. The third-order valence-corrected chi connectivity index (χ3v) is 2.56. The van der Waals surface area contributed by atoms with Crippen molar-refractivity contribution in [3.63, 3.8) is 0 Å². The number of hydrogen-bond acceptors (Lipinski definition) is 0. The summed E-state index contributed by atoms with van der Waals surface area (Å²) in [5.74, 6) is 0. The van der Waals surface area contributed by atoms with Crippen molar-refractivity contribution < 1.29 is 35.6 Å². The zero-order valence-corrected chi connectivity index (χ0v) is 11.7. The molecule has 0 saturated carbocycles. The van der Waals surface area contributed by atoms with Crippen LogP contribution in [0.5, 0.6) is 0 Å². The SMILES string of the molecule is CC1=[C-]C(C)(C)C(C)=C1C.[La]. The van der Waals surface area contributed by atoms with Crippen LogP contribution in [0.25, 0.3) is 0 Å². The van der Waals surface area contributed by atoms with Crippen LogP contribution in [-0.4, -0.2) is 0 Å². The van der Waals surface area contributed by atoms with Crippen LogP contribution in [0.2, 0.25) is 0 Å². The predicted molar refractivity (Wildman–Crippen MR) is 44.6 cm³/mol. The van der Waals surface area contributed by atoms with Crippen molar-refractivity contribution in [3.05, 3.63) is 22.8 Å². The zero-order valence-electron chi connectivity index (χ0n) is 8.08. The largest absolute Gasteiger partial charge is 0.263 e. The van der Waals surface area contributed by atoms with E-state index in [-0.39, 0.29) is 41.0 Å². The van der Waals surface area contributed by atoms with E-state index in [4.69, 9.17) is 0 Å². The minimum absolute atomic E-state index is 0. The maximum Gasteiger partial charge on any atom is 0 e. The second-order valence-corrected chi connectivity index (χ2v) is 3.62. The average molecular weight is 274 g/mol. The van der Waals surface area contributed by atoms with Gasteiger partial charge in [0.2, 0.25) is 0 Å². The molecule has 0 N–H and O–H groups in total. The number of hydrogen-bond donors (Lipinski definition) is 0. The fourth-order valence-corrected chi connectivity index (χ4v) is 1.41. The predicted octanol–water partition coefficient (Wildman–Crippen LogP) is 3.11. The zero-order chi connectivity index (χ0) is 7.94. The molecule has 0 saturated heterocycles. The molecule has 0 aromatic heterocycles. The van der Waals surface area contributed by atoms with E-state index in [9.17, 15) is 0 Å². The summed E-state index contributed by atoms with van der Waals surface area (Å²) in [6, 6.07) is 0. The Labute approximate surface area is 97.7 Å². The fourth-order valence-electron chi connectivity index (χ4n) is 1.41. The molecule has 1 rings (SSSR count). The molecule has 1 radical (unpaired) electrons. The van der Waals surface area contributed by atoms with Gasteiger partial charge in [-0.2, -0.15) is 11.1 Å². The van der Waals surface area contributed by atoms with Crippen LogP contribution in [0.1, 0.15) is 34.6 Å². The van der Waals surface area contributed by atoms with Gasteiger partial charge in [0.25, 0.3) is 0 Å². The molecule has 0 aliphatic heterocycles. The van der Waals surface area contributed by atoms with Crippen molar-refractivity contribution >= 4 is 0 Å². The van der Waals surface area contributed by atoms with Gasteiger partial charge in [-0.3, -0.25) is 6.08 Å². The molecule has 1 aliphatic carbocycles. The van der Waals surface area contributed by atoms with Gasteiger partial charge in [-0.05, 0) is 0 Å². The molecule has 1 aliphatic rings. The van der Waals surface area contributed by atoms with Gasteiger partial charge >= 0.3 is 0 Å². The van der Waals surface area contributed by atoms with E-state index in [0.717, 1.165) is 0 Å². The molecule has 0 heterocycles. The van der Waals surface area contributed by atoms with Crippen LogP contribution < -0.4 is 0 Å². The van der Waals surface area contributed by atoms with E-state index < -0.39 is 0 Å². The first-order valence-electron chi connectivity index (χ1n) is 3.75. The van der Waals surface area contributed by atoms with Gasteiger partial charge in [0.15, 0.2) is 0 Å². The van der Waals surface area contributed by atoms with E-state index in [0.29, 0.717) is 0 Å². The summed E-state index contributed by atoms with van der Waals surface area (Å²) in [5.41, 5.74) is 4.39. The van der Waals surface area contributed by atoms with Crippen LogP contribution >= 0.6 is 0 Å². The summed E-state index contributed by atoms with van der Waals surface area (Å²) in [6.45, 7) is 10.9. The second kappa shape index (κ2) is 3.59. The summed E-state index contributed by atoms with van der Waals surface area (Å²) >= 11 is 0. The summed E-state index contributed by atoms with van der Waals surface area (Å²) in [7, 11) is 0. The topological polar surface area (TPSA) is 0 Å². The first-order valence-corrected chi connectivity index (χ1v) is 3.75. The smallest absolute Gasteiger partial charge is 0 e. The van der Waals surface area contributed by atoms with Gasteiger partial charge in [-0.1, -0.05) is 33.1 Å². The number of rotatable bonds is 0. The van der Waals surface area contributed by atoms with Crippen molar-refractivity contribution in [2.75, 3.05) is 0 Å². The summed E-state index contributed by atoms with van der Waals surface area (Å²) < 4.78 is 0. The maximum atomic E-state index is 3.44. The van der Waals surface area contributed by atoms with E-state index in [1.54, 1.807) is 0 Å². The van der Waals surface area contributed by atoms with Crippen molar-refractivity contribution in [1.82, 2.24) is 0 Å². The first kappa shape index (κ1) is 11.7. The van der Waals surface area contributed by atoms with Crippen molar-refractivity contribution in [2.24, 2.45) is 5.41 Å². The van der Waals surface area contributed by atoms with Crippen LogP contribution in [-0.2, 0) is 0 Å². The third-order valence-electron chi connectivity index (χ3n) is 2.56. The van der Waals surface area contributed by atoms with Crippen LogP contribution in [0.3, 0.4) is 0 Å². The molecular formula is C10H15La-. The van der Waals surface area contributed by atoms with E-state index in [2.05, 4.69) is 40.7 Å². The standard InChI is InChI=1S/C10H15.La/c1-7-6-10(4,5)9(3)8(7)2;/h1-5H3;/q-1;. The molecule has 11 heavy (non-hydrogen) atoms. The van der Waals surface area contributed by atoms with Crippen molar-refractivity contribution in [1.29, 1.82) is 0 Å². The first-order chi connectivity index (χ1) is 4.45. The van der Waals surface area contributed by atoms with Crippen molar-refractivity contribution in [2.45, 2.75) is 34.6 Å². The molecule has 0 spiro atoms. The van der Waals surface area contributed by atoms with Gasteiger partial charge in [0, 0.05) is 35.6 Å². The van der Waals surface area contributed by atoms with Gasteiger partial charge in [-0.15, -0.1) is 6.92 Å². The van der Waals surface area contributed by atoms with Crippen molar-refractivity contribution in [3.8, 4) is 0 Å². The molecule has 0 atom stereocenters. The Morgan fingerprint density at radius 3 is 1.64 bits per heavy atom. The summed E-state index contributed by atoms with van der Waals surface area (Å²) in [4.78, 5) is 0. The quantitative estimate of drug-likeness (QED) is 0.595. The molecule has 0 aromatic carbocycles. The van der Waals surface area contributed by atoms with Gasteiger partial charge in [0.05, 0.1) is 0 Å². The van der Waals surface area contributed by atoms with Crippen LogP contribution in [0, 0.1) is 47.1 Å². The molecule has 0 fully saturated rings. The molecule has 0 nitrogen and oxygen atoms in total. The average Bonchev–Trinajstić information content (AvgIpc) is 1.95. The van der Waals surface area contributed by atoms with Gasteiger partial charge in [-0.25, -0.2) is 5.57 Å². The normalized spacial score (nSPS) is 21.4. The van der Waals surface area contributed by atoms with Gasteiger partial charge in [0.1, 0.15) is 0 Å². The molecule has 0 unspecified atom stereocenters. The van der Waals surface area contributed by atoms with Crippen LogP contribution in [0.15, 0.2) is 16.7 Å². The Kier molecular flexibility index (Phi) is 3.81. The van der Waals surface area contributed by atoms with Crippen LogP contribution in [0.4, 0.5) is 0 Å². The Hall–Kier alpha value is 0.675. The molecule has 0 aromatic rings. The van der Waals surface area contributed by atoms with E-state index in [1.165, 1.54) is 16.7 Å². The number of allylic oxidation sites excluding steroid dienone is 4. The van der Waals surface area contributed by atoms with E-state index in [1.807, 2.05) is 0 Å². The Balaban J connectivity index is 0.000001000. The minimum atomic E-state index is 0. The summed E-state index contributed by atoms with van der Waals surface area (Å²) in [6.07, 6.45) is 3.44.